The quantitative estimate of drug-likeness (QED) is 0.313. The number of benzene rings is 1. The second-order valence-corrected chi connectivity index (χ2v) is 5.28. The van der Waals surface area contributed by atoms with Gasteiger partial charge in [0.15, 0.2) is 0 Å². The maximum absolute atomic E-state index is 12.2. The van der Waals surface area contributed by atoms with Crippen molar-refractivity contribution < 1.29 is 14.0 Å². The van der Waals surface area contributed by atoms with Crippen molar-refractivity contribution in [2.75, 3.05) is 0 Å². The number of hydrazine groups is 1. The van der Waals surface area contributed by atoms with Crippen LogP contribution in [0.1, 0.15) is 31.1 Å². The molecule has 1 heterocycles. The molecular weight excluding hydrogens is 318 g/mol. The summed E-state index contributed by atoms with van der Waals surface area (Å²) >= 11 is 0. The summed E-state index contributed by atoms with van der Waals surface area (Å²) in [6.07, 6.45) is 5.77. The Hall–Kier alpha value is -3.12. The van der Waals surface area contributed by atoms with Crippen molar-refractivity contribution in [3.05, 3.63) is 71.8 Å². The lowest BCUT2D eigenvalue weighted by molar-refractivity contribution is -0.121. The zero-order chi connectivity index (χ0) is 18.1. The third-order valence-corrected chi connectivity index (χ3v) is 3.47. The van der Waals surface area contributed by atoms with E-state index in [0.717, 1.165) is 17.6 Å². The lowest BCUT2D eigenvalue weighted by atomic mass is 9.98. The molecule has 130 valence electrons. The smallest absolute Gasteiger partial charge is 0.281 e. The molecule has 6 heteroatoms. The zero-order valence-electron chi connectivity index (χ0n) is 14.0. The van der Waals surface area contributed by atoms with Crippen LogP contribution in [0.15, 0.2) is 64.9 Å². The minimum atomic E-state index is -0.549. The van der Waals surface area contributed by atoms with E-state index in [2.05, 4.69) is 10.7 Å². The monoisotopic (exact) mass is 339 g/mol. The lowest BCUT2D eigenvalue weighted by Crippen LogP contribution is -2.38. The van der Waals surface area contributed by atoms with E-state index < -0.39 is 11.8 Å². The molecule has 0 spiro atoms. The molecule has 2 rings (SSSR count). The van der Waals surface area contributed by atoms with E-state index in [4.69, 9.17) is 10.3 Å². The van der Waals surface area contributed by atoms with E-state index in [9.17, 15) is 9.59 Å². The molecule has 1 aromatic heterocycles. The van der Waals surface area contributed by atoms with Crippen LogP contribution in [-0.2, 0) is 9.59 Å². The maximum Gasteiger partial charge on any atom is 0.281 e. The average molecular weight is 339 g/mol. The van der Waals surface area contributed by atoms with Gasteiger partial charge in [0.1, 0.15) is 11.5 Å². The molecule has 0 fully saturated rings. The fourth-order valence-electron chi connectivity index (χ4n) is 2.35. The first-order chi connectivity index (χ1) is 12.2. The molecule has 0 aliphatic heterocycles. The summed E-state index contributed by atoms with van der Waals surface area (Å²) in [5.41, 5.74) is 3.82. The molecule has 0 aliphatic carbocycles. The fraction of sp³-hybridized carbons (Fsp3) is 0.158. The maximum atomic E-state index is 12.2. The number of hydrogen-bond donors (Lipinski definition) is 3. The van der Waals surface area contributed by atoms with Gasteiger partial charge in [-0.3, -0.25) is 15.0 Å². The Bertz CT molecular complexity index is 762. The van der Waals surface area contributed by atoms with Crippen molar-refractivity contribution in [2.24, 2.45) is 5.84 Å². The standard InChI is InChI=1S/C19H21N3O3/c1-2-7-16(14-8-4-3-5-9-14)18(19(24)22-20)21-17(23)12-11-15-10-6-13-25-15/h3-6,8-13H,2,7,20H2,1H3,(H,21,23)(H,22,24)/b12-11+,18-16+. The molecule has 1 aromatic carbocycles. The Morgan fingerprint density at radius 1 is 1.16 bits per heavy atom. The number of rotatable bonds is 7. The summed E-state index contributed by atoms with van der Waals surface area (Å²) in [6, 6.07) is 12.9. The third-order valence-electron chi connectivity index (χ3n) is 3.47. The van der Waals surface area contributed by atoms with Gasteiger partial charge in [-0.05, 0) is 35.8 Å². The van der Waals surface area contributed by atoms with Gasteiger partial charge >= 0.3 is 0 Å². The number of carbonyl (C=O) groups excluding carboxylic acids is 2. The van der Waals surface area contributed by atoms with Gasteiger partial charge in [0.2, 0.25) is 5.91 Å². The Morgan fingerprint density at radius 3 is 2.52 bits per heavy atom. The largest absolute Gasteiger partial charge is 0.465 e. The van der Waals surface area contributed by atoms with Gasteiger partial charge in [0.25, 0.3) is 5.91 Å². The van der Waals surface area contributed by atoms with E-state index in [1.165, 1.54) is 18.4 Å². The molecule has 25 heavy (non-hydrogen) atoms. The Morgan fingerprint density at radius 2 is 1.92 bits per heavy atom. The Kier molecular flexibility index (Phi) is 6.74. The number of allylic oxidation sites excluding steroid dienone is 1. The highest BCUT2D eigenvalue weighted by molar-refractivity contribution is 6.06. The first-order valence-electron chi connectivity index (χ1n) is 7.97. The predicted octanol–water partition coefficient (Wildman–Crippen LogP) is 2.61. The zero-order valence-corrected chi connectivity index (χ0v) is 14.0. The minimum absolute atomic E-state index is 0.143. The predicted molar refractivity (Wildman–Crippen MR) is 96.5 cm³/mol. The summed E-state index contributed by atoms with van der Waals surface area (Å²) in [6.45, 7) is 2.00. The van der Waals surface area contributed by atoms with Crippen LogP contribution in [0.3, 0.4) is 0 Å². The molecule has 0 radical (unpaired) electrons. The highest BCUT2D eigenvalue weighted by Gasteiger charge is 2.17. The van der Waals surface area contributed by atoms with Crippen LogP contribution in [0.5, 0.6) is 0 Å². The van der Waals surface area contributed by atoms with Gasteiger partial charge in [0.05, 0.1) is 6.26 Å². The fourth-order valence-corrected chi connectivity index (χ4v) is 2.35. The van der Waals surface area contributed by atoms with Crippen LogP contribution in [0.2, 0.25) is 0 Å². The molecule has 2 amide bonds. The summed E-state index contributed by atoms with van der Waals surface area (Å²) in [5.74, 6) is 4.84. The lowest BCUT2D eigenvalue weighted by Gasteiger charge is -2.14. The van der Waals surface area contributed by atoms with E-state index >= 15 is 0 Å². The number of nitrogens with one attached hydrogen (secondary N) is 2. The summed E-state index contributed by atoms with van der Waals surface area (Å²) in [7, 11) is 0. The first kappa shape index (κ1) is 18.2. The third kappa shape index (κ3) is 5.19. The van der Waals surface area contributed by atoms with Gasteiger partial charge in [-0.1, -0.05) is 43.7 Å². The van der Waals surface area contributed by atoms with Crippen molar-refractivity contribution in [3.8, 4) is 0 Å². The highest BCUT2D eigenvalue weighted by Crippen LogP contribution is 2.23. The Balaban J connectivity index is 2.32. The van der Waals surface area contributed by atoms with E-state index in [1.807, 2.05) is 37.3 Å². The molecule has 0 atom stereocenters. The first-order valence-corrected chi connectivity index (χ1v) is 7.97. The van der Waals surface area contributed by atoms with Crippen LogP contribution in [-0.4, -0.2) is 11.8 Å². The van der Waals surface area contributed by atoms with Gasteiger partial charge in [0, 0.05) is 6.08 Å². The number of nitrogens with two attached hydrogens (primary N) is 1. The van der Waals surface area contributed by atoms with Gasteiger partial charge in [-0.15, -0.1) is 0 Å². The van der Waals surface area contributed by atoms with Crippen molar-refractivity contribution in [2.45, 2.75) is 19.8 Å². The van der Waals surface area contributed by atoms with Crippen molar-refractivity contribution >= 4 is 23.5 Å². The average Bonchev–Trinajstić information content (AvgIpc) is 3.16. The number of carbonyl (C=O) groups is 2. The van der Waals surface area contributed by atoms with Crippen molar-refractivity contribution in [3.63, 3.8) is 0 Å². The van der Waals surface area contributed by atoms with Crippen LogP contribution >= 0.6 is 0 Å². The molecule has 0 bridgehead atoms. The Labute approximate surface area is 146 Å². The summed E-state index contributed by atoms with van der Waals surface area (Å²) < 4.78 is 5.13. The normalized spacial score (nSPS) is 11.9. The minimum Gasteiger partial charge on any atom is -0.465 e. The molecule has 0 saturated carbocycles. The number of amides is 2. The second-order valence-electron chi connectivity index (χ2n) is 5.28. The van der Waals surface area contributed by atoms with E-state index in [0.29, 0.717) is 12.2 Å². The number of furan rings is 1. The summed E-state index contributed by atoms with van der Waals surface area (Å²) in [4.78, 5) is 24.4. The van der Waals surface area contributed by atoms with E-state index in [-0.39, 0.29) is 5.70 Å². The van der Waals surface area contributed by atoms with Gasteiger partial charge in [-0.2, -0.15) is 0 Å². The molecule has 0 saturated heterocycles. The molecule has 6 nitrogen and oxygen atoms in total. The van der Waals surface area contributed by atoms with Crippen LogP contribution in [0, 0.1) is 0 Å². The number of hydrogen-bond acceptors (Lipinski definition) is 4. The summed E-state index contributed by atoms with van der Waals surface area (Å²) in [5, 5.41) is 2.63. The van der Waals surface area contributed by atoms with Crippen LogP contribution < -0.4 is 16.6 Å². The highest BCUT2D eigenvalue weighted by atomic mass is 16.3. The van der Waals surface area contributed by atoms with Crippen molar-refractivity contribution in [1.29, 1.82) is 0 Å². The molecular formula is C19H21N3O3. The molecule has 0 aliphatic rings. The molecule has 4 N–H and O–H groups in total. The van der Waals surface area contributed by atoms with E-state index in [1.54, 1.807) is 12.1 Å². The van der Waals surface area contributed by atoms with Crippen LogP contribution in [0.25, 0.3) is 11.6 Å². The SMILES string of the molecule is CCC/C(=C(\NC(=O)/C=C/c1ccco1)C(=O)NN)c1ccccc1. The van der Waals surface area contributed by atoms with Gasteiger partial charge in [-0.25, -0.2) is 5.84 Å². The topological polar surface area (TPSA) is 97.4 Å². The van der Waals surface area contributed by atoms with Crippen LogP contribution in [0.4, 0.5) is 0 Å². The van der Waals surface area contributed by atoms with Crippen molar-refractivity contribution in [1.82, 2.24) is 10.7 Å². The van der Waals surface area contributed by atoms with Gasteiger partial charge < -0.3 is 9.73 Å². The molecule has 0 unspecified atom stereocenters. The second kappa shape index (κ2) is 9.24. The molecule has 2 aromatic rings.